The van der Waals surface area contributed by atoms with Gasteiger partial charge >= 0.3 is 0 Å². The summed E-state index contributed by atoms with van der Waals surface area (Å²) >= 11 is 0. The highest BCUT2D eigenvalue weighted by Crippen LogP contribution is 2.29. The molecule has 2 rings (SSSR count). The lowest BCUT2D eigenvalue weighted by atomic mass is 10.0. The van der Waals surface area contributed by atoms with Crippen molar-refractivity contribution in [2.75, 3.05) is 13.7 Å². The summed E-state index contributed by atoms with van der Waals surface area (Å²) in [4.78, 5) is 12.4. The van der Waals surface area contributed by atoms with Crippen molar-refractivity contribution in [3.63, 3.8) is 0 Å². The van der Waals surface area contributed by atoms with E-state index in [-0.39, 0.29) is 11.1 Å². The van der Waals surface area contributed by atoms with Gasteiger partial charge in [-0.15, -0.1) is 0 Å². The van der Waals surface area contributed by atoms with E-state index in [1.54, 1.807) is 24.3 Å². The van der Waals surface area contributed by atoms with Gasteiger partial charge in [0.2, 0.25) is 5.78 Å². The highest BCUT2D eigenvalue weighted by molar-refractivity contribution is 6.14. The molecule has 0 spiro atoms. The summed E-state index contributed by atoms with van der Waals surface area (Å²) in [5.41, 5.74) is 0.300. The van der Waals surface area contributed by atoms with Crippen molar-refractivity contribution in [2.24, 2.45) is 0 Å². The van der Waals surface area contributed by atoms with Crippen LogP contribution in [0.25, 0.3) is 6.08 Å². The van der Waals surface area contributed by atoms with Crippen molar-refractivity contribution in [1.82, 2.24) is 0 Å². The Morgan fingerprint density at radius 2 is 2.00 bits per heavy atom. The first-order chi connectivity index (χ1) is 12.6. The molecule has 0 atom stereocenters. The fourth-order valence-electron chi connectivity index (χ4n) is 2.33. The minimum atomic E-state index is -0.659. The molecule has 0 amide bonds. The molecular weight excluding hydrogens is 333 g/mol. The molecule has 0 aliphatic carbocycles. The summed E-state index contributed by atoms with van der Waals surface area (Å²) in [5.74, 6) is -0.216. The molecule has 0 fully saturated rings. The van der Waals surface area contributed by atoms with E-state index in [1.165, 1.54) is 31.4 Å². The van der Waals surface area contributed by atoms with E-state index in [4.69, 9.17) is 9.47 Å². The van der Waals surface area contributed by atoms with Crippen molar-refractivity contribution >= 4 is 11.9 Å². The molecule has 2 aromatic carbocycles. The van der Waals surface area contributed by atoms with Crippen LogP contribution in [0.1, 0.15) is 35.7 Å². The third kappa shape index (κ3) is 4.70. The zero-order valence-corrected chi connectivity index (χ0v) is 14.8. The molecule has 0 heterocycles. The van der Waals surface area contributed by atoms with Crippen molar-refractivity contribution < 1.29 is 18.7 Å². The van der Waals surface area contributed by atoms with Crippen LogP contribution >= 0.6 is 0 Å². The van der Waals surface area contributed by atoms with Crippen LogP contribution in [0.2, 0.25) is 0 Å². The topological polar surface area (TPSA) is 59.3 Å². The van der Waals surface area contributed by atoms with Crippen LogP contribution in [0.5, 0.6) is 11.5 Å². The molecule has 0 aliphatic rings. The van der Waals surface area contributed by atoms with Crippen molar-refractivity contribution in [3.8, 4) is 17.6 Å². The number of rotatable bonds is 8. The number of benzene rings is 2. The van der Waals surface area contributed by atoms with Gasteiger partial charge in [-0.25, -0.2) is 4.39 Å². The quantitative estimate of drug-likeness (QED) is 0.296. The molecule has 134 valence electrons. The molecule has 5 heteroatoms. The lowest BCUT2D eigenvalue weighted by Gasteiger charge is -2.11. The number of carbonyl (C=O) groups excluding carboxylic acids is 1. The van der Waals surface area contributed by atoms with E-state index < -0.39 is 11.6 Å². The number of nitriles is 1. The van der Waals surface area contributed by atoms with Gasteiger partial charge in [0, 0.05) is 0 Å². The van der Waals surface area contributed by atoms with Gasteiger partial charge in [0.25, 0.3) is 0 Å². The number of Topliss-reactive ketones (excluding diaryl/α,β-unsaturated/α-hetero) is 1. The van der Waals surface area contributed by atoms with Gasteiger partial charge < -0.3 is 9.47 Å². The smallest absolute Gasteiger partial charge is 0.206 e. The van der Waals surface area contributed by atoms with Crippen LogP contribution in [-0.2, 0) is 0 Å². The second-order valence-corrected chi connectivity index (χ2v) is 5.59. The minimum absolute atomic E-state index is 0.133. The molecule has 0 N–H and O–H groups in total. The number of hydrogen-bond acceptors (Lipinski definition) is 4. The van der Waals surface area contributed by atoms with Gasteiger partial charge in [0.15, 0.2) is 11.5 Å². The van der Waals surface area contributed by atoms with E-state index in [1.807, 2.05) is 6.07 Å². The lowest BCUT2D eigenvalue weighted by molar-refractivity contribution is 0.103. The SMILES string of the molecule is CCCCOc1ccc(/C=C(\C#N)C(=O)c2ccccc2F)cc1OC. The Kier molecular flexibility index (Phi) is 6.92. The van der Waals surface area contributed by atoms with Crippen LogP contribution < -0.4 is 9.47 Å². The number of hydrogen-bond donors (Lipinski definition) is 0. The third-order valence-corrected chi connectivity index (χ3v) is 3.74. The first-order valence-corrected chi connectivity index (χ1v) is 8.32. The maximum absolute atomic E-state index is 13.8. The zero-order chi connectivity index (χ0) is 18.9. The predicted octanol–water partition coefficient (Wildman–Crippen LogP) is 4.80. The fourth-order valence-corrected chi connectivity index (χ4v) is 2.33. The molecule has 0 saturated carbocycles. The third-order valence-electron chi connectivity index (χ3n) is 3.74. The molecule has 0 unspecified atom stereocenters. The second-order valence-electron chi connectivity index (χ2n) is 5.59. The summed E-state index contributed by atoms with van der Waals surface area (Å²) < 4.78 is 24.8. The number of ether oxygens (including phenoxy) is 2. The summed E-state index contributed by atoms with van der Waals surface area (Å²) in [5, 5.41) is 9.32. The normalized spacial score (nSPS) is 10.9. The minimum Gasteiger partial charge on any atom is -0.493 e. The number of unbranched alkanes of at least 4 members (excludes halogenated alkanes) is 1. The molecule has 0 saturated heterocycles. The van der Waals surface area contributed by atoms with Crippen LogP contribution in [0, 0.1) is 17.1 Å². The van der Waals surface area contributed by atoms with Crippen molar-refractivity contribution in [3.05, 3.63) is 65.0 Å². The summed E-state index contributed by atoms with van der Waals surface area (Å²) in [6, 6.07) is 12.5. The summed E-state index contributed by atoms with van der Waals surface area (Å²) in [7, 11) is 1.52. The average molecular weight is 353 g/mol. The van der Waals surface area contributed by atoms with Crippen LogP contribution in [0.3, 0.4) is 0 Å². The lowest BCUT2D eigenvalue weighted by Crippen LogP contribution is -2.04. The second kappa shape index (κ2) is 9.38. The molecular formula is C21H20FNO3. The van der Waals surface area contributed by atoms with E-state index >= 15 is 0 Å². The first-order valence-electron chi connectivity index (χ1n) is 8.32. The first kappa shape index (κ1) is 19.2. The Hall–Kier alpha value is -3.13. The van der Waals surface area contributed by atoms with Crippen LogP contribution in [-0.4, -0.2) is 19.5 Å². The van der Waals surface area contributed by atoms with E-state index in [2.05, 4.69) is 6.92 Å². The Morgan fingerprint density at radius 3 is 2.65 bits per heavy atom. The maximum atomic E-state index is 13.8. The van der Waals surface area contributed by atoms with Gasteiger partial charge in [0.05, 0.1) is 19.3 Å². The number of carbonyl (C=O) groups is 1. The number of nitrogens with zero attached hydrogens (tertiary/aromatic N) is 1. The van der Waals surface area contributed by atoms with Gasteiger partial charge in [-0.3, -0.25) is 4.79 Å². The van der Waals surface area contributed by atoms with Gasteiger partial charge in [0.1, 0.15) is 17.5 Å². The molecule has 0 aromatic heterocycles. The molecule has 4 nitrogen and oxygen atoms in total. The molecule has 0 bridgehead atoms. The fraction of sp³-hybridized carbons (Fsp3) is 0.238. The molecule has 26 heavy (non-hydrogen) atoms. The Bertz CT molecular complexity index is 853. The summed E-state index contributed by atoms with van der Waals surface area (Å²) in [6.45, 7) is 2.65. The van der Waals surface area contributed by atoms with Crippen LogP contribution in [0.4, 0.5) is 4.39 Å². The standard InChI is InChI=1S/C21H20FNO3/c1-3-4-11-26-19-10-9-15(13-20(19)25-2)12-16(14-23)21(24)17-7-5-6-8-18(17)22/h5-10,12-13H,3-4,11H2,1-2H3/b16-12+. The van der Waals surface area contributed by atoms with Crippen LogP contribution in [0.15, 0.2) is 48.0 Å². The van der Waals surface area contributed by atoms with E-state index in [9.17, 15) is 14.4 Å². The maximum Gasteiger partial charge on any atom is 0.206 e. The van der Waals surface area contributed by atoms with E-state index in [0.29, 0.717) is 23.7 Å². The molecule has 0 radical (unpaired) electrons. The Morgan fingerprint density at radius 1 is 1.23 bits per heavy atom. The average Bonchev–Trinajstić information content (AvgIpc) is 2.66. The van der Waals surface area contributed by atoms with Crippen molar-refractivity contribution in [1.29, 1.82) is 5.26 Å². The molecule has 0 aliphatic heterocycles. The van der Waals surface area contributed by atoms with Crippen molar-refractivity contribution in [2.45, 2.75) is 19.8 Å². The Labute approximate surface area is 152 Å². The van der Waals surface area contributed by atoms with Gasteiger partial charge in [-0.2, -0.15) is 5.26 Å². The summed E-state index contributed by atoms with van der Waals surface area (Å²) in [6.07, 6.45) is 3.36. The highest BCUT2D eigenvalue weighted by Gasteiger charge is 2.16. The Balaban J connectivity index is 2.30. The number of halogens is 1. The predicted molar refractivity (Wildman–Crippen MR) is 97.7 cm³/mol. The number of ketones is 1. The number of methoxy groups -OCH3 is 1. The monoisotopic (exact) mass is 353 g/mol. The van der Waals surface area contributed by atoms with E-state index in [0.717, 1.165) is 12.8 Å². The largest absolute Gasteiger partial charge is 0.493 e. The van der Waals surface area contributed by atoms with Gasteiger partial charge in [-0.05, 0) is 42.3 Å². The molecule has 2 aromatic rings. The van der Waals surface area contributed by atoms with Gasteiger partial charge in [-0.1, -0.05) is 31.5 Å². The zero-order valence-electron chi connectivity index (χ0n) is 14.8. The highest BCUT2D eigenvalue weighted by atomic mass is 19.1. The number of allylic oxidation sites excluding steroid dienone is 1.